The number of halogens is 1. The van der Waals surface area contributed by atoms with Gasteiger partial charge in [0.05, 0.1) is 0 Å². The van der Waals surface area contributed by atoms with Crippen molar-refractivity contribution in [1.29, 1.82) is 0 Å². The third-order valence-electron chi connectivity index (χ3n) is 3.74. The molecule has 88 valence electrons. The van der Waals surface area contributed by atoms with Crippen LogP contribution in [0.4, 0.5) is 4.39 Å². The van der Waals surface area contributed by atoms with Crippen LogP contribution in [0.15, 0.2) is 24.3 Å². The Kier molecular flexibility index (Phi) is 3.94. The lowest BCUT2D eigenvalue weighted by atomic mass is 9.87. The van der Waals surface area contributed by atoms with Crippen LogP contribution in [0.2, 0.25) is 0 Å². The van der Waals surface area contributed by atoms with Crippen molar-refractivity contribution >= 4 is 0 Å². The van der Waals surface area contributed by atoms with Gasteiger partial charge in [-0.1, -0.05) is 25.0 Å². The van der Waals surface area contributed by atoms with E-state index in [4.69, 9.17) is 5.73 Å². The topological polar surface area (TPSA) is 26.0 Å². The molecule has 1 aromatic carbocycles. The summed E-state index contributed by atoms with van der Waals surface area (Å²) in [5.74, 6) is 1.35. The zero-order chi connectivity index (χ0) is 11.4. The Balaban J connectivity index is 1.98. The van der Waals surface area contributed by atoms with E-state index in [1.807, 2.05) is 6.07 Å². The second-order valence-electron chi connectivity index (χ2n) is 4.86. The van der Waals surface area contributed by atoms with Crippen LogP contribution in [0.1, 0.15) is 31.2 Å². The van der Waals surface area contributed by atoms with E-state index in [1.165, 1.54) is 25.3 Å². The smallest absolute Gasteiger partial charge is 0.123 e. The normalized spacial score (nSPS) is 24.9. The summed E-state index contributed by atoms with van der Waals surface area (Å²) < 4.78 is 13.1. The first-order chi connectivity index (χ1) is 7.79. The summed E-state index contributed by atoms with van der Waals surface area (Å²) in [4.78, 5) is 0. The molecule has 2 rings (SSSR count). The van der Waals surface area contributed by atoms with E-state index < -0.39 is 0 Å². The molecule has 2 atom stereocenters. The predicted molar refractivity (Wildman–Crippen MR) is 64.6 cm³/mol. The lowest BCUT2D eigenvalue weighted by Crippen LogP contribution is -2.15. The summed E-state index contributed by atoms with van der Waals surface area (Å²) in [5.41, 5.74) is 6.76. The molecule has 2 N–H and O–H groups in total. The molecule has 16 heavy (non-hydrogen) atoms. The highest BCUT2D eigenvalue weighted by Crippen LogP contribution is 2.36. The van der Waals surface area contributed by atoms with Crippen molar-refractivity contribution in [3.05, 3.63) is 35.6 Å². The van der Waals surface area contributed by atoms with Crippen LogP contribution in [-0.2, 0) is 6.42 Å². The van der Waals surface area contributed by atoms with Crippen molar-refractivity contribution in [3.63, 3.8) is 0 Å². The molecule has 0 bridgehead atoms. The van der Waals surface area contributed by atoms with Gasteiger partial charge in [-0.05, 0) is 55.3 Å². The quantitative estimate of drug-likeness (QED) is 0.830. The van der Waals surface area contributed by atoms with Gasteiger partial charge in [-0.15, -0.1) is 0 Å². The molecule has 1 aliphatic carbocycles. The monoisotopic (exact) mass is 221 g/mol. The largest absolute Gasteiger partial charge is 0.330 e. The Morgan fingerprint density at radius 1 is 1.25 bits per heavy atom. The van der Waals surface area contributed by atoms with Crippen molar-refractivity contribution in [2.45, 2.75) is 32.1 Å². The van der Waals surface area contributed by atoms with Gasteiger partial charge in [0.15, 0.2) is 0 Å². The number of nitrogens with two attached hydrogens (primary N) is 1. The highest BCUT2D eigenvalue weighted by atomic mass is 19.1. The lowest BCUT2D eigenvalue weighted by Gasteiger charge is -2.18. The molecule has 2 unspecified atom stereocenters. The number of hydrogen-bond acceptors (Lipinski definition) is 1. The van der Waals surface area contributed by atoms with Crippen LogP contribution in [0.5, 0.6) is 0 Å². The molecular formula is C14H20FN. The fourth-order valence-corrected chi connectivity index (χ4v) is 2.94. The predicted octanol–water partition coefficient (Wildman–Crippen LogP) is 3.13. The van der Waals surface area contributed by atoms with Crippen molar-refractivity contribution < 1.29 is 4.39 Å². The van der Waals surface area contributed by atoms with Crippen molar-refractivity contribution in [1.82, 2.24) is 0 Å². The number of benzene rings is 1. The molecule has 1 aliphatic rings. The SMILES string of the molecule is NCCC1CCCC1Cc1cccc(F)c1. The Hall–Kier alpha value is -0.890. The average molecular weight is 221 g/mol. The standard InChI is InChI=1S/C14H20FN/c15-14-6-1-3-11(10-14)9-13-5-2-4-12(13)7-8-16/h1,3,6,10,12-13H,2,4-5,7-9,16H2. The van der Waals surface area contributed by atoms with E-state index >= 15 is 0 Å². The second-order valence-corrected chi connectivity index (χ2v) is 4.86. The van der Waals surface area contributed by atoms with Crippen LogP contribution in [0, 0.1) is 17.7 Å². The summed E-state index contributed by atoms with van der Waals surface area (Å²) in [7, 11) is 0. The van der Waals surface area contributed by atoms with Gasteiger partial charge in [0.2, 0.25) is 0 Å². The molecule has 0 saturated heterocycles. The molecule has 0 heterocycles. The molecule has 0 spiro atoms. The average Bonchev–Trinajstić information content (AvgIpc) is 2.66. The summed E-state index contributed by atoms with van der Waals surface area (Å²) in [6.07, 6.45) is 6.03. The third-order valence-corrected chi connectivity index (χ3v) is 3.74. The molecule has 1 aromatic rings. The molecule has 0 aromatic heterocycles. The Bertz CT molecular complexity index is 337. The zero-order valence-electron chi connectivity index (χ0n) is 9.66. The van der Waals surface area contributed by atoms with Gasteiger partial charge >= 0.3 is 0 Å². The Morgan fingerprint density at radius 2 is 2.06 bits per heavy atom. The molecule has 2 heteroatoms. The van der Waals surface area contributed by atoms with Gasteiger partial charge in [-0.25, -0.2) is 4.39 Å². The van der Waals surface area contributed by atoms with E-state index in [0.717, 1.165) is 30.9 Å². The molecule has 0 aliphatic heterocycles. The van der Waals surface area contributed by atoms with Gasteiger partial charge < -0.3 is 5.73 Å². The molecule has 1 nitrogen and oxygen atoms in total. The minimum absolute atomic E-state index is 0.120. The van der Waals surface area contributed by atoms with Crippen LogP contribution in [-0.4, -0.2) is 6.54 Å². The Morgan fingerprint density at radius 3 is 2.81 bits per heavy atom. The Labute approximate surface area is 96.9 Å². The summed E-state index contributed by atoms with van der Waals surface area (Å²) in [6.45, 7) is 0.782. The first-order valence-corrected chi connectivity index (χ1v) is 6.24. The molecule has 1 saturated carbocycles. The van der Waals surface area contributed by atoms with E-state index in [-0.39, 0.29) is 5.82 Å². The highest BCUT2D eigenvalue weighted by Gasteiger charge is 2.26. The van der Waals surface area contributed by atoms with E-state index in [1.54, 1.807) is 12.1 Å². The van der Waals surface area contributed by atoms with Crippen molar-refractivity contribution in [2.75, 3.05) is 6.54 Å². The van der Waals surface area contributed by atoms with Crippen LogP contribution < -0.4 is 5.73 Å². The van der Waals surface area contributed by atoms with Gasteiger partial charge in [-0.3, -0.25) is 0 Å². The molecule has 0 radical (unpaired) electrons. The zero-order valence-corrected chi connectivity index (χ0v) is 9.66. The molecular weight excluding hydrogens is 201 g/mol. The van der Waals surface area contributed by atoms with Gasteiger partial charge in [0.1, 0.15) is 5.82 Å². The summed E-state index contributed by atoms with van der Waals surface area (Å²) >= 11 is 0. The fraction of sp³-hybridized carbons (Fsp3) is 0.571. The summed E-state index contributed by atoms with van der Waals surface area (Å²) in [5, 5.41) is 0. The fourth-order valence-electron chi connectivity index (χ4n) is 2.94. The first kappa shape index (κ1) is 11.6. The van der Waals surface area contributed by atoms with Crippen LogP contribution in [0.25, 0.3) is 0 Å². The maximum atomic E-state index is 13.1. The van der Waals surface area contributed by atoms with E-state index in [0.29, 0.717) is 5.92 Å². The van der Waals surface area contributed by atoms with E-state index in [9.17, 15) is 4.39 Å². The molecule has 0 amide bonds. The van der Waals surface area contributed by atoms with Crippen molar-refractivity contribution in [3.8, 4) is 0 Å². The highest BCUT2D eigenvalue weighted by molar-refractivity contribution is 5.17. The lowest BCUT2D eigenvalue weighted by molar-refractivity contribution is 0.366. The first-order valence-electron chi connectivity index (χ1n) is 6.24. The number of rotatable bonds is 4. The van der Waals surface area contributed by atoms with E-state index in [2.05, 4.69) is 0 Å². The van der Waals surface area contributed by atoms with Gasteiger partial charge in [-0.2, -0.15) is 0 Å². The number of hydrogen-bond donors (Lipinski definition) is 1. The second kappa shape index (κ2) is 5.44. The maximum Gasteiger partial charge on any atom is 0.123 e. The van der Waals surface area contributed by atoms with Crippen LogP contribution >= 0.6 is 0 Å². The van der Waals surface area contributed by atoms with Crippen LogP contribution in [0.3, 0.4) is 0 Å². The van der Waals surface area contributed by atoms with Gasteiger partial charge in [0.25, 0.3) is 0 Å². The van der Waals surface area contributed by atoms with Gasteiger partial charge in [0, 0.05) is 0 Å². The minimum atomic E-state index is -0.120. The maximum absolute atomic E-state index is 13.1. The minimum Gasteiger partial charge on any atom is -0.330 e. The van der Waals surface area contributed by atoms with Crippen molar-refractivity contribution in [2.24, 2.45) is 17.6 Å². The summed E-state index contributed by atoms with van der Waals surface area (Å²) in [6, 6.07) is 7.01. The third kappa shape index (κ3) is 2.82. The molecule has 1 fully saturated rings.